The van der Waals surface area contributed by atoms with Gasteiger partial charge in [-0.2, -0.15) is 0 Å². The molecule has 0 saturated carbocycles. The lowest BCUT2D eigenvalue weighted by Crippen LogP contribution is -2.16. The van der Waals surface area contributed by atoms with Gasteiger partial charge in [0.15, 0.2) is 5.69 Å². The Morgan fingerprint density at radius 1 is 1.85 bits per heavy atom. The summed E-state index contributed by atoms with van der Waals surface area (Å²) < 4.78 is 5.81. The van der Waals surface area contributed by atoms with E-state index < -0.39 is 5.97 Å². The Hall–Kier alpha value is -1.50. The summed E-state index contributed by atoms with van der Waals surface area (Å²) in [6.07, 6.45) is 1.42. The molecule has 0 saturated heterocycles. The number of rotatable bonds is 3. The number of aromatic nitrogens is 3. The van der Waals surface area contributed by atoms with E-state index in [1.165, 1.54) is 18.0 Å². The number of methoxy groups -OCH3 is 1. The molecule has 0 bridgehead atoms. The Labute approximate surface area is 79.7 Å². The molecular weight excluding hydrogens is 192 g/mol. The summed E-state index contributed by atoms with van der Waals surface area (Å²) in [6, 6.07) is 0. The van der Waals surface area contributed by atoms with Crippen molar-refractivity contribution in [1.29, 1.82) is 0 Å². The molecule has 0 aromatic carbocycles. The van der Waals surface area contributed by atoms with Crippen LogP contribution in [0.5, 0.6) is 0 Å². The van der Waals surface area contributed by atoms with Gasteiger partial charge in [0.1, 0.15) is 0 Å². The number of nitrogens with zero attached hydrogens (tertiary/aromatic N) is 3. The predicted octanol–water partition coefficient (Wildman–Crippen LogP) is -0.649. The molecule has 0 unspecified atom stereocenters. The Kier molecular flexibility index (Phi) is 2.91. The molecule has 0 amide bonds. The molecule has 0 spiro atoms. The number of nitrogens with two attached hydrogens (primary N) is 1. The van der Waals surface area contributed by atoms with Gasteiger partial charge in [0, 0.05) is 0 Å². The number of carbonyl (C=O) groups excluding carboxylic acids is 1. The molecule has 0 aliphatic heterocycles. The molecule has 1 rings (SSSR count). The molecule has 1 aromatic heterocycles. The maximum Gasteiger partial charge on any atom is 0.360 e. The van der Waals surface area contributed by atoms with E-state index in [-0.39, 0.29) is 17.2 Å². The fraction of sp³-hybridized carbons (Fsp3) is 0.333. The van der Waals surface area contributed by atoms with E-state index in [1.54, 1.807) is 0 Å². The molecule has 13 heavy (non-hydrogen) atoms. The van der Waals surface area contributed by atoms with Crippen LogP contribution in [0, 0.1) is 0 Å². The van der Waals surface area contributed by atoms with Gasteiger partial charge in [0.25, 0.3) is 0 Å². The number of hydrogen-bond acceptors (Lipinski definition) is 5. The number of ether oxygens (including phenoxy) is 1. The molecule has 0 radical (unpaired) electrons. The quantitative estimate of drug-likeness (QED) is 0.515. The largest absolute Gasteiger partial charge is 0.464 e. The third kappa shape index (κ3) is 2.48. The van der Waals surface area contributed by atoms with Gasteiger partial charge < -0.3 is 10.5 Å². The molecule has 0 fully saturated rings. The van der Waals surface area contributed by atoms with Crippen LogP contribution in [0.3, 0.4) is 0 Å². The van der Waals surface area contributed by atoms with Gasteiger partial charge in [-0.1, -0.05) is 17.4 Å². The first-order valence-electron chi connectivity index (χ1n) is 3.40. The van der Waals surface area contributed by atoms with Crippen LogP contribution >= 0.6 is 12.2 Å². The van der Waals surface area contributed by atoms with Crippen molar-refractivity contribution < 1.29 is 9.53 Å². The van der Waals surface area contributed by atoms with E-state index in [9.17, 15) is 4.79 Å². The zero-order valence-electron chi connectivity index (χ0n) is 6.93. The van der Waals surface area contributed by atoms with Crippen molar-refractivity contribution in [3.63, 3.8) is 0 Å². The average molecular weight is 200 g/mol. The SMILES string of the molecule is COC(=O)c1cn(CC(N)=S)nn1. The van der Waals surface area contributed by atoms with Crippen molar-refractivity contribution in [3.05, 3.63) is 11.9 Å². The summed E-state index contributed by atoms with van der Waals surface area (Å²) in [6.45, 7) is 0.263. The fourth-order valence-corrected chi connectivity index (χ4v) is 0.866. The summed E-state index contributed by atoms with van der Waals surface area (Å²) in [5, 5.41) is 7.19. The molecule has 0 atom stereocenters. The highest BCUT2D eigenvalue weighted by molar-refractivity contribution is 7.80. The predicted molar refractivity (Wildman–Crippen MR) is 48.1 cm³/mol. The summed E-state index contributed by atoms with van der Waals surface area (Å²) in [7, 11) is 1.27. The smallest absolute Gasteiger partial charge is 0.360 e. The molecule has 0 aliphatic carbocycles. The van der Waals surface area contributed by atoms with E-state index >= 15 is 0 Å². The molecule has 1 heterocycles. The summed E-state index contributed by atoms with van der Waals surface area (Å²) >= 11 is 4.65. The molecule has 7 heteroatoms. The lowest BCUT2D eigenvalue weighted by atomic mass is 10.5. The van der Waals surface area contributed by atoms with E-state index in [4.69, 9.17) is 5.73 Å². The summed E-state index contributed by atoms with van der Waals surface area (Å²) in [5.74, 6) is -0.533. The molecule has 0 aliphatic rings. The van der Waals surface area contributed by atoms with Crippen molar-refractivity contribution in [2.45, 2.75) is 6.54 Å². The maximum atomic E-state index is 10.9. The lowest BCUT2D eigenvalue weighted by Gasteiger charge is -1.94. The second kappa shape index (κ2) is 3.94. The number of carbonyl (C=O) groups is 1. The Balaban J connectivity index is 2.74. The molecule has 2 N–H and O–H groups in total. The van der Waals surface area contributed by atoms with Gasteiger partial charge >= 0.3 is 5.97 Å². The minimum Gasteiger partial charge on any atom is -0.464 e. The topological polar surface area (TPSA) is 83.0 Å². The first-order chi connectivity index (χ1) is 6.13. The van der Waals surface area contributed by atoms with E-state index in [2.05, 4.69) is 27.3 Å². The first kappa shape index (κ1) is 9.59. The minimum absolute atomic E-state index is 0.138. The van der Waals surface area contributed by atoms with Crippen LogP contribution in [0.15, 0.2) is 6.20 Å². The van der Waals surface area contributed by atoms with Crippen LogP contribution in [-0.4, -0.2) is 33.1 Å². The molecular formula is C6H8N4O2S. The number of thiocarbonyl (C=S) groups is 1. The Morgan fingerprint density at radius 2 is 2.54 bits per heavy atom. The van der Waals surface area contributed by atoms with Crippen LogP contribution < -0.4 is 5.73 Å². The maximum absolute atomic E-state index is 10.9. The van der Waals surface area contributed by atoms with Gasteiger partial charge in [-0.3, -0.25) is 0 Å². The van der Waals surface area contributed by atoms with Crippen LogP contribution in [-0.2, 0) is 11.3 Å². The molecule has 70 valence electrons. The van der Waals surface area contributed by atoms with E-state index in [0.717, 1.165) is 0 Å². The van der Waals surface area contributed by atoms with Crippen molar-refractivity contribution >= 4 is 23.2 Å². The van der Waals surface area contributed by atoms with E-state index in [1.807, 2.05) is 0 Å². The highest BCUT2D eigenvalue weighted by Gasteiger charge is 2.10. The van der Waals surface area contributed by atoms with Crippen LogP contribution in [0.1, 0.15) is 10.5 Å². The second-order valence-corrected chi connectivity index (χ2v) is 2.78. The Bertz CT molecular complexity index is 335. The summed E-state index contributed by atoms with van der Waals surface area (Å²) in [4.78, 5) is 11.2. The third-order valence-corrected chi connectivity index (χ3v) is 1.38. The normalized spacial score (nSPS) is 9.62. The Morgan fingerprint density at radius 3 is 3.08 bits per heavy atom. The van der Waals surface area contributed by atoms with Gasteiger partial charge in [-0.25, -0.2) is 9.48 Å². The van der Waals surface area contributed by atoms with E-state index in [0.29, 0.717) is 0 Å². The zero-order valence-corrected chi connectivity index (χ0v) is 7.74. The average Bonchev–Trinajstić information content (AvgIpc) is 2.50. The number of esters is 1. The van der Waals surface area contributed by atoms with Crippen molar-refractivity contribution in [3.8, 4) is 0 Å². The van der Waals surface area contributed by atoms with Crippen molar-refractivity contribution in [2.24, 2.45) is 5.73 Å². The highest BCUT2D eigenvalue weighted by Crippen LogP contribution is 1.94. The van der Waals surface area contributed by atoms with Gasteiger partial charge in [-0.05, 0) is 0 Å². The van der Waals surface area contributed by atoms with Crippen molar-refractivity contribution in [1.82, 2.24) is 15.0 Å². The monoisotopic (exact) mass is 200 g/mol. The van der Waals surface area contributed by atoms with Crippen LogP contribution in [0.4, 0.5) is 0 Å². The minimum atomic E-state index is -0.533. The highest BCUT2D eigenvalue weighted by atomic mass is 32.1. The van der Waals surface area contributed by atoms with Crippen LogP contribution in [0.25, 0.3) is 0 Å². The fourth-order valence-electron chi connectivity index (χ4n) is 0.733. The lowest BCUT2D eigenvalue weighted by molar-refractivity contribution is 0.0594. The zero-order chi connectivity index (χ0) is 9.84. The van der Waals surface area contributed by atoms with Gasteiger partial charge in [0.05, 0.1) is 24.8 Å². The second-order valence-electron chi connectivity index (χ2n) is 2.26. The molecule has 6 nitrogen and oxygen atoms in total. The first-order valence-corrected chi connectivity index (χ1v) is 3.81. The standard InChI is InChI=1S/C6H8N4O2S/c1-12-6(11)4-2-10(9-8-4)3-5(7)13/h2H,3H2,1H3,(H2,7,13). The molecule has 1 aromatic rings. The third-order valence-electron chi connectivity index (χ3n) is 1.25. The van der Waals surface area contributed by atoms with Crippen molar-refractivity contribution in [2.75, 3.05) is 7.11 Å². The van der Waals surface area contributed by atoms with Crippen LogP contribution in [0.2, 0.25) is 0 Å². The number of hydrogen-bond donors (Lipinski definition) is 1. The van der Waals surface area contributed by atoms with Gasteiger partial charge in [-0.15, -0.1) is 5.10 Å². The van der Waals surface area contributed by atoms with Gasteiger partial charge in [0.2, 0.25) is 0 Å². The summed E-state index contributed by atoms with van der Waals surface area (Å²) in [5.41, 5.74) is 5.41.